The number of carbonyl (C=O) groups is 2. The third kappa shape index (κ3) is 3.75. The third-order valence-corrected chi connectivity index (χ3v) is 1.79. The van der Waals surface area contributed by atoms with Crippen LogP contribution in [0.5, 0.6) is 0 Å². The second-order valence-electron chi connectivity index (χ2n) is 3.03. The summed E-state index contributed by atoms with van der Waals surface area (Å²) in [6.45, 7) is 0.360. The van der Waals surface area contributed by atoms with E-state index in [2.05, 4.69) is 15.5 Å². The Balaban J connectivity index is 2.25. The van der Waals surface area contributed by atoms with Crippen LogP contribution in [0.25, 0.3) is 0 Å². The fourth-order valence-corrected chi connectivity index (χ4v) is 1.05. The lowest BCUT2D eigenvalue weighted by Crippen LogP contribution is -2.28. The summed E-state index contributed by atoms with van der Waals surface area (Å²) in [7, 11) is 1.80. The van der Waals surface area contributed by atoms with Crippen molar-refractivity contribution < 1.29 is 14.7 Å². The van der Waals surface area contributed by atoms with Crippen LogP contribution in [-0.4, -0.2) is 38.3 Å². The van der Waals surface area contributed by atoms with Gasteiger partial charge in [-0.1, -0.05) is 0 Å². The number of aryl methyl sites for hydroxylation is 1. The van der Waals surface area contributed by atoms with Crippen molar-refractivity contribution >= 4 is 11.9 Å². The van der Waals surface area contributed by atoms with Crippen molar-refractivity contribution in [2.24, 2.45) is 7.05 Å². The second kappa shape index (κ2) is 5.08. The number of nitrogens with one attached hydrogen (secondary N) is 1. The van der Waals surface area contributed by atoms with Crippen molar-refractivity contribution in [2.45, 2.75) is 12.8 Å². The van der Waals surface area contributed by atoms with Crippen LogP contribution in [0, 0.1) is 0 Å². The molecule has 0 aliphatic rings. The van der Waals surface area contributed by atoms with Gasteiger partial charge in [0.25, 0.3) is 0 Å². The van der Waals surface area contributed by atoms with Crippen LogP contribution in [0.4, 0.5) is 0 Å². The minimum Gasteiger partial charge on any atom is -0.481 e. The highest BCUT2D eigenvalue weighted by molar-refractivity contribution is 5.93. The molecule has 1 amide bonds. The van der Waals surface area contributed by atoms with E-state index in [9.17, 15) is 9.59 Å². The highest BCUT2D eigenvalue weighted by atomic mass is 16.4. The van der Waals surface area contributed by atoms with Crippen LogP contribution in [0.15, 0.2) is 6.33 Å². The van der Waals surface area contributed by atoms with Crippen molar-refractivity contribution in [3.05, 3.63) is 12.2 Å². The van der Waals surface area contributed by atoms with Gasteiger partial charge in [0.1, 0.15) is 18.6 Å². The maximum atomic E-state index is 10.9. The minimum absolute atomic E-state index is 0.360. The molecule has 0 saturated heterocycles. The number of carbonyl (C=O) groups excluding carboxylic acids is 1. The van der Waals surface area contributed by atoms with Gasteiger partial charge in [-0.15, -0.1) is 10.2 Å². The van der Waals surface area contributed by atoms with Gasteiger partial charge in [0.2, 0.25) is 5.91 Å². The zero-order chi connectivity index (χ0) is 11.3. The molecule has 1 heterocycles. The predicted molar refractivity (Wildman–Crippen MR) is 50.0 cm³/mol. The molecule has 0 spiro atoms. The van der Waals surface area contributed by atoms with Crippen molar-refractivity contribution in [1.82, 2.24) is 20.1 Å². The summed E-state index contributed by atoms with van der Waals surface area (Å²) in [6.07, 6.45) is 1.59. The van der Waals surface area contributed by atoms with Gasteiger partial charge in [0, 0.05) is 20.0 Å². The topological polar surface area (TPSA) is 97.1 Å². The summed E-state index contributed by atoms with van der Waals surface area (Å²) < 4.78 is 1.74. The Morgan fingerprint density at radius 3 is 2.87 bits per heavy atom. The quantitative estimate of drug-likeness (QED) is 0.607. The zero-order valence-corrected chi connectivity index (χ0v) is 8.30. The molecule has 1 rings (SSSR count). The Hall–Kier alpha value is -1.92. The fourth-order valence-electron chi connectivity index (χ4n) is 1.05. The highest BCUT2D eigenvalue weighted by Crippen LogP contribution is 1.91. The lowest BCUT2D eigenvalue weighted by atomic mass is 10.3. The molecule has 7 heteroatoms. The van der Waals surface area contributed by atoms with Crippen LogP contribution in [0.1, 0.15) is 12.2 Å². The van der Waals surface area contributed by atoms with E-state index in [1.165, 1.54) is 0 Å². The van der Waals surface area contributed by atoms with E-state index in [4.69, 9.17) is 5.11 Å². The Kier molecular flexibility index (Phi) is 3.78. The molecule has 0 fully saturated rings. The van der Waals surface area contributed by atoms with Gasteiger partial charge in [0.05, 0.1) is 0 Å². The first-order valence-corrected chi connectivity index (χ1v) is 4.41. The number of amides is 1. The van der Waals surface area contributed by atoms with Crippen LogP contribution >= 0.6 is 0 Å². The average Bonchev–Trinajstić information content (AvgIpc) is 2.50. The molecule has 0 radical (unpaired) electrons. The molecule has 0 aliphatic carbocycles. The number of carboxylic acid groups (broad SMARTS) is 1. The van der Waals surface area contributed by atoms with Crippen molar-refractivity contribution in [3.8, 4) is 0 Å². The Morgan fingerprint density at radius 2 is 2.33 bits per heavy atom. The highest BCUT2D eigenvalue weighted by Gasteiger charge is 2.07. The van der Waals surface area contributed by atoms with Crippen LogP contribution < -0.4 is 5.32 Å². The van der Waals surface area contributed by atoms with Gasteiger partial charge < -0.3 is 15.0 Å². The zero-order valence-electron chi connectivity index (χ0n) is 8.30. The van der Waals surface area contributed by atoms with Gasteiger partial charge in [0.15, 0.2) is 0 Å². The summed E-state index contributed by atoms with van der Waals surface area (Å²) >= 11 is 0. The van der Waals surface area contributed by atoms with E-state index in [0.29, 0.717) is 13.0 Å². The van der Waals surface area contributed by atoms with Gasteiger partial charge in [-0.2, -0.15) is 0 Å². The molecule has 1 aromatic heterocycles. The van der Waals surface area contributed by atoms with Crippen molar-refractivity contribution in [3.63, 3.8) is 0 Å². The first-order valence-electron chi connectivity index (χ1n) is 4.41. The summed E-state index contributed by atoms with van der Waals surface area (Å²) in [5.74, 6) is -0.888. The smallest absolute Gasteiger partial charge is 0.312 e. The largest absolute Gasteiger partial charge is 0.481 e. The summed E-state index contributed by atoms with van der Waals surface area (Å²) in [5.41, 5.74) is 0. The Labute approximate surface area is 86.1 Å². The molecule has 0 aromatic carbocycles. The Morgan fingerprint density at radius 1 is 1.60 bits per heavy atom. The molecule has 15 heavy (non-hydrogen) atoms. The normalized spacial score (nSPS) is 9.93. The lowest BCUT2D eigenvalue weighted by molar-refractivity contribution is -0.140. The number of hydrogen-bond donors (Lipinski definition) is 2. The summed E-state index contributed by atoms with van der Waals surface area (Å²) in [4.78, 5) is 21.1. The van der Waals surface area contributed by atoms with Gasteiger partial charge in [-0.25, -0.2) is 0 Å². The standard InChI is InChI=1S/C8H12N4O3/c1-12-5-10-11-6(12)2-3-9-7(13)4-8(14)15/h5H,2-4H2,1H3,(H,9,13)(H,14,15). The number of nitrogens with zero attached hydrogens (tertiary/aromatic N) is 3. The van der Waals surface area contributed by atoms with E-state index < -0.39 is 18.3 Å². The van der Waals surface area contributed by atoms with Crippen LogP contribution in [-0.2, 0) is 23.1 Å². The van der Waals surface area contributed by atoms with Gasteiger partial charge >= 0.3 is 5.97 Å². The third-order valence-electron chi connectivity index (χ3n) is 1.79. The lowest BCUT2D eigenvalue weighted by Gasteiger charge is -2.02. The molecule has 2 N–H and O–H groups in total. The second-order valence-corrected chi connectivity index (χ2v) is 3.03. The maximum Gasteiger partial charge on any atom is 0.312 e. The number of hydrogen-bond acceptors (Lipinski definition) is 4. The van der Waals surface area contributed by atoms with Crippen LogP contribution in [0.3, 0.4) is 0 Å². The molecule has 0 saturated carbocycles. The predicted octanol–water partition coefficient (Wildman–Crippen LogP) is -1.05. The van der Waals surface area contributed by atoms with E-state index in [0.717, 1.165) is 5.82 Å². The van der Waals surface area contributed by atoms with E-state index in [1.807, 2.05) is 0 Å². The number of rotatable bonds is 5. The monoisotopic (exact) mass is 212 g/mol. The van der Waals surface area contributed by atoms with E-state index >= 15 is 0 Å². The van der Waals surface area contributed by atoms with E-state index in [-0.39, 0.29) is 0 Å². The van der Waals surface area contributed by atoms with Crippen LogP contribution in [0.2, 0.25) is 0 Å². The molecular weight excluding hydrogens is 200 g/mol. The average molecular weight is 212 g/mol. The molecule has 0 atom stereocenters. The summed E-state index contributed by atoms with van der Waals surface area (Å²) in [6, 6.07) is 0. The van der Waals surface area contributed by atoms with Crippen molar-refractivity contribution in [1.29, 1.82) is 0 Å². The number of aromatic nitrogens is 3. The molecule has 1 aromatic rings. The van der Waals surface area contributed by atoms with Gasteiger partial charge in [-0.3, -0.25) is 9.59 Å². The van der Waals surface area contributed by atoms with E-state index in [1.54, 1.807) is 17.9 Å². The molecule has 0 aliphatic heterocycles. The first kappa shape index (κ1) is 11.2. The molecule has 0 unspecified atom stereocenters. The number of aliphatic carboxylic acids is 1. The Bertz CT molecular complexity index is 361. The minimum atomic E-state index is -1.13. The molecular formula is C8H12N4O3. The number of carboxylic acids is 1. The molecule has 7 nitrogen and oxygen atoms in total. The summed E-state index contributed by atoms with van der Waals surface area (Å²) in [5, 5.41) is 18.3. The fraction of sp³-hybridized carbons (Fsp3) is 0.500. The molecule has 82 valence electrons. The first-order chi connectivity index (χ1) is 7.09. The SMILES string of the molecule is Cn1cnnc1CCNC(=O)CC(=O)O. The van der Waals surface area contributed by atoms with Gasteiger partial charge in [-0.05, 0) is 0 Å². The molecule has 0 bridgehead atoms. The maximum absolute atomic E-state index is 10.9. The van der Waals surface area contributed by atoms with Crippen molar-refractivity contribution in [2.75, 3.05) is 6.54 Å².